The highest BCUT2D eigenvalue weighted by atomic mass is 16.2. The second kappa shape index (κ2) is 5.76. The summed E-state index contributed by atoms with van der Waals surface area (Å²) in [7, 11) is 0. The molecule has 1 aliphatic heterocycles. The summed E-state index contributed by atoms with van der Waals surface area (Å²) in [5.74, 6) is 0.107. The molecule has 2 N–H and O–H groups in total. The number of likely N-dealkylation sites (tertiary alicyclic amines) is 1. The summed E-state index contributed by atoms with van der Waals surface area (Å²) in [6.45, 7) is 8.13. The molecule has 0 radical (unpaired) electrons. The van der Waals surface area contributed by atoms with Crippen molar-refractivity contribution in [2.75, 3.05) is 13.1 Å². The molecule has 1 aromatic heterocycles. The summed E-state index contributed by atoms with van der Waals surface area (Å²) in [6, 6.07) is 8.35. The van der Waals surface area contributed by atoms with Crippen molar-refractivity contribution in [3.63, 3.8) is 0 Å². The van der Waals surface area contributed by atoms with Crippen LogP contribution >= 0.6 is 0 Å². The average Bonchev–Trinajstić information content (AvgIpc) is 3.17. The molecular formula is C18H25N3O. The summed E-state index contributed by atoms with van der Waals surface area (Å²) in [6.07, 6.45) is 4.32. The van der Waals surface area contributed by atoms with E-state index in [9.17, 15) is 4.79 Å². The molecule has 2 heterocycles. The van der Waals surface area contributed by atoms with Crippen molar-refractivity contribution in [2.24, 2.45) is 0 Å². The molecule has 1 aliphatic rings. The number of nitrogens with one attached hydrogen (secondary N) is 2. The fourth-order valence-electron chi connectivity index (χ4n) is 3.22. The molecule has 1 saturated heterocycles. The molecule has 0 aliphatic carbocycles. The highest BCUT2D eigenvalue weighted by molar-refractivity contribution is 5.86. The number of aromatic nitrogens is 1. The van der Waals surface area contributed by atoms with Gasteiger partial charge in [0.1, 0.15) is 0 Å². The number of rotatable bonds is 4. The first-order valence-corrected chi connectivity index (χ1v) is 8.11. The third kappa shape index (κ3) is 2.75. The van der Waals surface area contributed by atoms with Gasteiger partial charge < -0.3 is 10.3 Å². The molecule has 1 amide bonds. The Bertz CT molecular complexity index is 668. The van der Waals surface area contributed by atoms with Crippen molar-refractivity contribution in [3.05, 3.63) is 36.0 Å². The largest absolute Gasteiger partial charge is 0.361 e. The van der Waals surface area contributed by atoms with E-state index in [1.807, 2.05) is 27.0 Å². The lowest BCUT2D eigenvalue weighted by molar-refractivity contribution is -0.131. The minimum absolute atomic E-state index is 0.00804. The summed E-state index contributed by atoms with van der Waals surface area (Å²) in [5, 5.41) is 4.36. The molecule has 1 fully saturated rings. The molecule has 2 aromatic rings. The van der Waals surface area contributed by atoms with Crippen LogP contribution in [0.1, 0.15) is 45.2 Å². The molecule has 0 bridgehead atoms. The Kier molecular flexibility index (Phi) is 3.96. The Hall–Kier alpha value is -1.81. The zero-order chi connectivity index (χ0) is 15.7. The lowest BCUT2D eigenvalue weighted by Gasteiger charge is -2.35. The van der Waals surface area contributed by atoms with Crippen LogP contribution in [0.4, 0.5) is 0 Å². The molecule has 1 atom stereocenters. The summed E-state index contributed by atoms with van der Waals surface area (Å²) in [5.41, 5.74) is 1.82. The van der Waals surface area contributed by atoms with Crippen molar-refractivity contribution >= 4 is 16.8 Å². The lowest BCUT2D eigenvalue weighted by Crippen LogP contribution is -2.54. The topological polar surface area (TPSA) is 48.1 Å². The van der Waals surface area contributed by atoms with E-state index in [0.29, 0.717) is 0 Å². The molecule has 118 valence electrons. The molecule has 1 aromatic carbocycles. The monoisotopic (exact) mass is 299 g/mol. The predicted octanol–water partition coefficient (Wildman–Crippen LogP) is 3.22. The van der Waals surface area contributed by atoms with Crippen molar-refractivity contribution in [2.45, 2.75) is 45.2 Å². The van der Waals surface area contributed by atoms with E-state index in [2.05, 4.69) is 39.5 Å². The van der Waals surface area contributed by atoms with E-state index in [1.54, 1.807) is 0 Å². The zero-order valence-electron chi connectivity index (χ0n) is 13.6. The molecule has 22 heavy (non-hydrogen) atoms. The fraction of sp³-hybridized carbons (Fsp3) is 0.500. The van der Waals surface area contributed by atoms with Gasteiger partial charge in [0.2, 0.25) is 5.91 Å². The number of benzene rings is 1. The van der Waals surface area contributed by atoms with Gasteiger partial charge >= 0.3 is 0 Å². The maximum absolute atomic E-state index is 12.7. The van der Waals surface area contributed by atoms with E-state index in [-0.39, 0.29) is 11.9 Å². The SMILES string of the molecule is C[C@H](NC(=O)C(C)(C)N1CCCC1)c1ccc2[nH]ccc2c1. The molecule has 4 heteroatoms. The van der Waals surface area contributed by atoms with E-state index in [4.69, 9.17) is 0 Å². The molecule has 3 rings (SSSR count). The van der Waals surface area contributed by atoms with Crippen molar-refractivity contribution in [1.29, 1.82) is 0 Å². The standard InChI is InChI=1S/C18H25N3O/c1-13(14-6-7-16-15(12-14)8-9-19-16)20-17(22)18(2,3)21-10-4-5-11-21/h6-9,12-13,19H,4-5,10-11H2,1-3H3,(H,20,22)/t13-/m0/s1. The smallest absolute Gasteiger partial charge is 0.240 e. The molecule has 0 saturated carbocycles. The number of hydrogen-bond acceptors (Lipinski definition) is 2. The first-order chi connectivity index (χ1) is 10.5. The summed E-state index contributed by atoms with van der Waals surface area (Å²) in [4.78, 5) is 18.2. The Labute approximate surface area is 131 Å². The van der Waals surface area contributed by atoms with Gasteiger partial charge in [0, 0.05) is 11.7 Å². The Balaban J connectivity index is 1.72. The lowest BCUT2D eigenvalue weighted by atomic mass is 10.00. The minimum Gasteiger partial charge on any atom is -0.361 e. The Morgan fingerprint density at radius 3 is 2.73 bits per heavy atom. The van der Waals surface area contributed by atoms with Gasteiger partial charge in [0.25, 0.3) is 0 Å². The highest BCUT2D eigenvalue weighted by Crippen LogP contribution is 2.24. The normalized spacial score (nSPS) is 17.8. The fourth-order valence-corrected chi connectivity index (χ4v) is 3.22. The van der Waals surface area contributed by atoms with Crippen molar-refractivity contribution < 1.29 is 4.79 Å². The van der Waals surface area contributed by atoms with Gasteiger partial charge in [-0.25, -0.2) is 0 Å². The van der Waals surface area contributed by atoms with E-state index < -0.39 is 5.54 Å². The summed E-state index contributed by atoms with van der Waals surface area (Å²) < 4.78 is 0. The predicted molar refractivity (Wildman–Crippen MR) is 89.7 cm³/mol. The first-order valence-electron chi connectivity index (χ1n) is 8.11. The van der Waals surface area contributed by atoms with Crippen LogP contribution in [-0.4, -0.2) is 34.4 Å². The maximum Gasteiger partial charge on any atom is 0.240 e. The average molecular weight is 299 g/mol. The van der Waals surface area contributed by atoms with Crippen molar-refractivity contribution in [3.8, 4) is 0 Å². The van der Waals surface area contributed by atoms with Gasteiger partial charge in [-0.05, 0) is 75.9 Å². The van der Waals surface area contributed by atoms with Crippen LogP contribution in [0.15, 0.2) is 30.5 Å². The minimum atomic E-state index is -0.442. The number of nitrogens with zero attached hydrogens (tertiary/aromatic N) is 1. The first kappa shape index (κ1) is 15.1. The van der Waals surface area contributed by atoms with Gasteiger partial charge in [0.05, 0.1) is 11.6 Å². The molecule has 4 nitrogen and oxygen atoms in total. The van der Waals surface area contributed by atoms with Crippen LogP contribution in [0.2, 0.25) is 0 Å². The van der Waals surface area contributed by atoms with Crippen LogP contribution < -0.4 is 5.32 Å². The molecule has 0 spiro atoms. The summed E-state index contributed by atoms with van der Waals surface area (Å²) >= 11 is 0. The number of amides is 1. The van der Waals surface area contributed by atoms with E-state index in [0.717, 1.165) is 24.2 Å². The Morgan fingerprint density at radius 2 is 2.00 bits per heavy atom. The van der Waals surface area contributed by atoms with Crippen LogP contribution in [0.5, 0.6) is 0 Å². The van der Waals surface area contributed by atoms with Gasteiger partial charge in [-0.3, -0.25) is 9.69 Å². The van der Waals surface area contributed by atoms with Crippen LogP contribution in [0, 0.1) is 0 Å². The number of fused-ring (bicyclic) bond motifs is 1. The number of hydrogen-bond donors (Lipinski definition) is 2. The highest BCUT2D eigenvalue weighted by Gasteiger charge is 2.36. The van der Waals surface area contributed by atoms with Gasteiger partial charge in [-0.2, -0.15) is 0 Å². The zero-order valence-corrected chi connectivity index (χ0v) is 13.6. The maximum atomic E-state index is 12.7. The third-order valence-corrected chi connectivity index (χ3v) is 4.88. The molecular weight excluding hydrogens is 274 g/mol. The second-order valence-electron chi connectivity index (χ2n) is 6.77. The number of H-pyrrole nitrogens is 1. The number of carbonyl (C=O) groups is 1. The molecule has 0 unspecified atom stereocenters. The quantitative estimate of drug-likeness (QED) is 0.910. The van der Waals surface area contributed by atoms with E-state index >= 15 is 0 Å². The second-order valence-corrected chi connectivity index (χ2v) is 6.77. The number of aromatic amines is 1. The van der Waals surface area contributed by atoms with Gasteiger partial charge in [0.15, 0.2) is 0 Å². The van der Waals surface area contributed by atoms with Crippen LogP contribution in [-0.2, 0) is 4.79 Å². The van der Waals surface area contributed by atoms with E-state index in [1.165, 1.54) is 18.2 Å². The number of carbonyl (C=O) groups excluding carboxylic acids is 1. The van der Waals surface area contributed by atoms with Crippen LogP contribution in [0.25, 0.3) is 10.9 Å². The Morgan fingerprint density at radius 1 is 1.27 bits per heavy atom. The van der Waals surface area contributed by atoms with Crippen LogP contribution in [0.3, 0.4) is 0 Å². The van der Waals surface area contributed by atoms with Crippen molar-refractivity contribution in [1.82, 2.24) is 15.2 Å². The van der Waals surface area contributed by atoms with Gasteiger partial charge in [-0.1, -0.05) is 6.07 Å². The van der Waals surface area contributed by atoms with Gasteiger partial charge in [-0.15, -0.1) is 0 Å². The third-order valence-electron chi connectivity index (χ3n) is 4.88.